The third-order valence-corrected chi connectivity index (χ3v) is 5.12. The second kappa shape index (κ2) is 6.86. The van der Waals surface area contributed by atoms with E-state index in [-0.39, 0.29) is 6.04 Å². The van der Waals surface area contributed by atoms with Gasteiger partial charge in [-0.1, -0.05) is 6.07 Å². The zero-order chi connectivity index (χ0) is 15.5. The van der Waals surface area contributed by atoms with Crippen molar-refractivity contribution in [2.45, 2.75) is 19.4 Å². The van der Waals surface area contributed by atoms with Gasteiger partial charge in [-0.05, 0) is 43.0 Å². The number of hydrogen-bond acceptors (Lipinski definition) is 3. The number of benzene rings is 1. The molecule has 3 rings (SSSR count). The zero-order valence-corrected chi connectivity index (χ0v) is 13.4. The summed E-state index contributed by atoms with van der Waals surface area (Å²) in [7, 11) is 0. The first-order valence-electron chi connectivity index (χ1n) is 7.60. The Labute approximate surface area is 133 Å². The summed E-state index contributed by atoms with van der Waals surface area (Å²) in [6.07, 6.45) is 1.03. The first-order valence-corrected chi connectivity index (χ1v) is 8.48. The largest absolute Gasteiger partial charge is 0.315 e. The van der Waals surface area contributed by atoms with E-state index in [4.69, 9.17) is 0 Å². The minimum absolute atomic E-state index is 0.140. The van der Waals surface area contributed by atoms with E-state index < -0.39 is 11.6 Å². The molecule has 1 aromatic carbocycles. The van der Waals surface area contributed by atoms with E-state index in [0.29, 0.717) is 5.56 Å². The summed E-state index contributed by atoms with van der Waals surface area (Å²) in [5, 5.41) is 5.46. The topological polar surface area (TPSA) is 15.3 Å². The van der Waals surface area contributed by atoms with Crippen LogP contribution in [0, 0.1) is 18.6 Å². The Hall–Kier alpha value is -1.30. The molecule has 0 amide bonds. The number of halogens is 2. The van der Waals surface area contributed by atoms with Gasteiger partial charge in [0.15, 0.2) is 0 Å². The maximum absolute atomic E-state index is 14.4. The van der Waals surface area contributed by atoms with Gasteiger partial charge in [0.25, 0.3) is 0 Å². The summed E-state index contributed by atoms with van der Waals surface area (Å²) < 4.78 is 27.6. The predicted octanol–water partition coefficient (Wildman–Crippen LogP) is 3.72. The van der Waals surface area contributed by atoms with E-state index in [1.807, 2.05) is 6.92 Å². The number of nitrogens with zero attached hydrogens (tertiary/aromatic N) is 1. The lowest BCUT2D eigenvalue weighted by Gasteiger charge is -2.30. The van der Waals surface area contributed by atoms with Gasteiger partial charge in [0, 0.05) is 36.1 Å². The molecule has 2 aromatic rings. The highest BCUT2D eigenvalue weighted by molar-refractivity contribution is 7.10. The maximum Gasteiger partial charge on any atom is 0.131 e. The molecule has 1 unspecified atom stereocenters. The number of thiophene rings is 1. The Morgan fingerprint density at radius 2 is 2.05 bits per heavy atom. The molecule has 0 aliphatic carbocycles. The Bertz CT molecular complexity index is 633. The van der Waals surface area contributed by atoms with Crippen LogP contribution >= 0.6 is 11.3 Å². The van der Waals surface area contributed by atoms with Gasteiger partial charge in [0.1, 0.15) is 11.6 Å². The van der Waals surface area contributed by atoms with Gasteiger partial charge in [-0.3, -0.25) is 4.90 Å². The van der Waals surface area contributed by atoms with E-state index >= 15 is 0 Å². The number of hydrogen-bond donors (Lipinski definition) is 1. The average Bonchev–Trinajstić information content (AvgIpc) is 2.74. The Kier molecular flexibility index (Phi) is 4.86. The highest BCUT2D eigenvalue weighted by Gasteiger charge is 2.27. The van der Waals surface area contributed by atoms with Crippen molar-refractivity contribution in [3.63, 3.8) is 0 Å². The normalized spacial score (nSPS) is 18.1. The van der Waals surface area contributed by atoms with Gasteiger partial charge in [-0.15, -0.1) is 11.3 Å². The van der Waals surface area contributed by atoms with Crippen molar-refractivity contribution in [2.75, 3.05) is 26.2 Å². The van der Waals surface area contributed by atoms with Gasteiger partial charge in [0.05, 0.1) is 6.04 Å². The standard InChI is InChI=1S/C17H20F2N2S/c1-12-9-16(22-11-12)17(21-7-2-5-20-6-8-21)14-4-3-13(18)10-15(14)19/h3-4,9-11,17,20H,2,5-8H2,1H3. The van der Waals surface area contributed by atoms with Crippen LogP contribution in [0.5, 0.6) is 0 Å². The minimum Gasteiger partial charge on any atom is -0.315 e. The van der Waals surface area contributed by atoms with Crippen LogP contribution < -0.4 is 5.32 Å². The Morgan fingerprint density at radius 1 is 1.18 bits per heavy atom. The average molecular weight is 322 g/mol. The molecule has 1 atom stereocenters. The molecule has 0 bridgehead atoms. The quantitative estimate of drug-likeness (QED) is 0.926. The lowest BCUT2D eigenvalue weighted by atomic mass is 10.0. The van der Waals surface area contributed by atoms with Crippen LogP contribution in [0.1, 0.15) is 28.5 Å². The van der Waals surface area contributed by atoms with Crippen molar-refractivity contribution in [3.8, 4) is 0 Å². The molecule has 0 radical (unpaired) electrons. The van der Waals surface area contributed by atoms with E-state index in [0.717, 1.165) is 43.5 Å². The summed E-state index contributed by atoms with van der Waals surface area (Å²) in [5.74, 6) is -0.992. The van der Waals surface area contributed by atoms with Crippen LogP contribution in [-0.4, -0.2) is 31.1 Å². The molecular formula is C17H20F2N2S. The van der Waals surface area contributed by atoms with Gasteiger partial charge < -0.3 is 5.32 Å². The van der Waals surface area contributed by atoms with Crippen LogP contribution in [0.15, 0.2) is 29.6 Å². The smallest absolute Gasteiger partial charge is 0.131 e. The van der Waals surface area contributed by atoms with Crippen LogP contribution in [0.3, 0.4) is 0 Å². The molecule has 1 fully saturated rings. The SMILES string of the molecule is Cc1csc(C(c2ccc(F)cc2F)N2CCCNCC2)c1. The van der Waals surface area contributed by atoms with Crippen molar-refractivity contribution in [3.05, 3.63) is 57.3 Å². The third kappa shape index (κ3) is 3.37. The summed E-state index contributed by atoms with van der Waals surface area (Å²) in [6.45, 7) is 5.69. The molecule has 1 N–H and O–H groups in total. The fraction of sp³-hybridized carbons (Fsp3) is 0.412. The van der Waals surface area contributed by atoms with Gasteiger partial charge in [-0.25, -0.2) is 8.78 Å². The minimum atomic E-state index is -0.528. The molecule has 1 aliphatic heterocycles. The molecule has 5 heteroatoms. The molecule has 22 heavy (non-hydrogen) atoms. The first-order chi connectivity index (χ1) is 10.6. The Balaban J connectivity index is 2.01. The molecule has 1 aromatic heterocycles. The van der Waals surface area contributed by atoms with Crippen LogP contribution in [0.25, 0.3) is 0 Å². The molecule has 0 saturated carbocycles. The van der Waals surface area contributed by atoms with E-state index in [1.54, 1.807) is 17.4 Å². The highest BCUT2D eigenvalue weighted by atomic mass is 32.1. The lowest BCUT2D eigenvalue weighted by Crippen LogP contribution is -2.33. The van der Waals surface area contributed by atoms with Gasteiger partial charge in [0.2, 0.25) is 0 Å². The van der Waals surface area contributed by atoms with E-state index in [2.05, 4.69) is 21.7 Å². The highest BCUT2D eigenvalue weighted by Crippen LogP contribution is 2.34. The molecular weight excluding hydrogens is 302 g/mol. The number of nitrogens with one attached hydrogen (secondary N) is 1. The van der Waals surface area contributed by atoms with Gasteiger partial charge >= 0.3 is 0 Å². The summed E-state index contributed by atoms with van der Waals surface area (Å²) >= 11 is 1.64. The molecule has 1 saturated heterocycles. The van der Waals surface area contributed by atoms with Crippen LogP contribution in [0.2, 0.25) is 0 Å². The fourth-order valence-electron chi connectivity index (χ4n) is 2.97. The summed E-state index contributed by atoms with van der Waals surface area (Å²) in [5.41, 5.74) is 1.74. The maximum atomic E-state index is 14.4. The van der Waals surface area contributed by atoms with Crippen LogP contribution in [-0.2, 0) is 0 Å². The second-order valence-corrected chi connectivity index (χ2v) is 6.68. The van der Waals surface area contributed by atoms with Crippen molar-refractivity contribution in [2.24, 2.45) is 0 Å². The van der Waals surface area contributed by atoms with Gasteiger partial charge in [-0.2, -0.15) is 0 Å². The third-order valence-electron chi connectivity index (χ3n) is 4.02. The van der Waals surface area contributed by atoms with Crippen molar-refractivity contribution < 1.29 is 8.78 Å². The van der Waals surface area contributed by atoms with E-state index in [9.17, 15) is 8.78 Å². The zero-order valence-electron chi connectivity index (χ0n) is 12.6. The second-order valence-electron chi connectivity index (χ2n) is 5.73. The van der Waals surface area contributed by atoms with Crippen molar-refractivity contribution >= 4 is 11.3 Å². The fourth-order valence-corrected chi connectivity index (χ4v) is 4.02. The van der Waals surface area contributed by atoms with Crippen LogP contribution in [0.4, 0.5) is 8.78 Å². The molecule has 1 aliphatic rings. The van der Waals surface area contributed by atoms with E-state index in [1.165, 1.54) is 11.6 Å². The molecule has 2 heterocycles. The van der Waals surface area contributed by atoms with Crippen molar-refractivity contribution in [1.29, 1.82) is 0 Å². The number of rotatable bonds is 3. The first kappa shape index (κ1) is 15.6. The number of aryl methyl sites for hydroxylation is 1. The summed E-state index contributed by atoms with van der Waals surface area (Å²) in [4.78, 5) is 3.41. The summed E-state index contributed by atoms with van der Waals surface area (Å²) in [6, 6.07) is 5.89. The monoisotopic (exact) mass is 322 g/mol. The molecule has 118 valence electrons. The molecule has 0 spiro atoms. The lowest BCUT2D eigenvalue weighted by molar-refractivity contribution is 0.239. The predicted molar refractivity (Wildman–Crippen MR) is 86.3 cm³/mol. The Morgan fingerprint density at radius 3 is 2.77 bits per heavy atom. The molecule has 2 nitrogen and oxygen atoms in total. The van der Waals surface area contributed by atoms with Crippen molar-refractivity contribution in [1.82, 2.24) is 10.2 Å².